The number of hydrogen-bond donors (Lipinski definition) is 3. The summed E-state index contributed by atoms with van der Waals surface area (Å²) in [6, 6.07) is 1.87. The highest BCUT2D eigenvalue weighted by Crippen LogP contribution is 2.19. The van der Waals surface area contributed by atoms with E-state index in [2.05, 4.69) is 39.7 Å². The lowest BCUT2D eigenvalue weighted by molar-refractivity contribution is -0.114. The summed E-state index contributed by atoms with van der Waals surface area (Å²) in [5, 5.41) is 8.48. The quantitative estimate of drug-likeness (QED) is 0.172. The molecule has 6 nitrogen and oxygen atoms in total. The number of nitrogens with zero attached hydrogens (tertiary/aromatic N) is 2. The van der Waals surface area contributed by atoms with Crippen LogP contribution in [0.15, 0.2) is 17.1 Å². The van der Waals surface area contributed by atoms with Gasteiger partial charge in [-0.3, -0.25) is 4.79 Å². The number of rotatable bonds is 11. The monoisotopic (exact) mass is 543 g/mol. The van der Waals surface area contributed by atoms with E-state index in [9.17, 15) is 18.0 Å². The SMILES string of the molecule is CCNC(=NCC(=O)Nc1ccc(F)c(F)c1F)NC(C)CCCN(CC)CC.I. The van der Waals surface area contributed by atoms with E-state index in [0.29, 0.717) is 12.5 Å². The van der Waals surface area contributed by atoms with Crippen LogP contribution in [0.3, 0.4) is 0 Å². The van der Waals surface area contributed by atoms with Crippen molar-refractivity contribution in [2.24, 2.45) is 4.99 Å². The van der Waals surface area contributed by atoms with E-state index in [0.717, 1.165) is 44.6 Å². The van der Waals surface area contributed by atoms with Crippen molar-refractivity contribution in [2.75, 3.05) is 38.0 Å². The van der Waals surface area contributed by atoms with Crippen LogP contribution in [0.5, 0.6) is 0 Å². The van der Waals surface area contributed by atoms with Crippen molar-refractivity contribution >= 4 is 41.5 Å². The van der Waals surface area contributed by atoms with Gasteiger partial charge in [0.2, 0.25) is 5.91 Å². The number of carbonyl (C=O) groups is 1. The number of hydrogen-bond acceptors (Lipinski definition) is 3. The molecule has 0 saturated carbocycles. The predicted molar refractivity (Wildman–Crippen MR) is 126 cm³/mol. The van der Waals surface area contributed by atoms with Crippen molar-refractivity contribution in [3.8, 4) is 0 Å². The number of aliphatic imine (C=N–C) groups is 1. The maximum Gasteiger partial charge on any atom is 0.246 e. The van der Waals surface area contributed by atoms with E-state index in [1.165, 1.54) is 0 Å². The Morgan fingerprint density at radius 3 is 2.40 bits per heavy atom. The Balaban J connectivity index is 0.00000841. The second-order valence-electron chi connectivity index (χ2n) is 6.68. The van der Waals surface area contributed by atoms with Crippen molar-refractivity contribution in [1.29, 1.82) is 0 Å². The molecule has 30 heavy (non-hydrogen) atoms. The van der Waals surface area contributed by atoms with E-state index in [1.54, 1.807) is 0 Å². The Morgan fingerprint density at radius 2 is 1.80 bits per heavy atom. The van der Waals surface area contributed by atoms with E-state index in [1.807, 2.05) is 13.8 Å². The molecule has 3 N–H and O–H groups in total. The molecule has 0 radical (unpaired) electrons. The fourth-order valence-electron chi connectivity index (χ4n) is 2.75. The van der Waals surface area contributed by atoms with Gasteiger partial charge in [0.15, 0.2) is 23.4 Å². The summed E-state index contributed by atoms with van der Waals surface area (Å²) >= 11 is 0. The Bertz CT molecular complexity index is 687. The molecule has 172 valence electrons. The van der Waals surface area contributed by atoms with Crippen molar-refractivity contribution in [3.63, 3.8) is 0 Å². The van der Waals surface area contributed by atoms with Crippen molar-refractivity contribution in [2.45, 2.75) is 46.6 Å². The molecule has 0 saturated heterocycles. The average molecular weight is 543 g/mol. The van der Waals surface area contributed by atoms with Gasteiger partial charge in [0, 0.05) is 12.6 Å². The summed E-state index contributed by atoms with van der Waals surface area (Å²) < 4.78 is 39.9. The molecule has 0 spiro atoms. The molecule has 10 heteroatoms. The van der Waals surface area contributed by atoms with Crippen LogP contribution in [0.4, 0.5) is 18.9 Å². The van der Waals surface area contributed by atoms with Crippen LogP contribution in [-0.2, 0) is 4.79 Å². The molecule has 0 heterocycles. The number of carbonyl (C=O) groups excluding carboxylic acids is 1. The van der Waals surface area contributed by atoms with E-state index < -0.39 is 29.0 Å². The number of amides is 1. The number of benzene rings is 1. The van der Waals surface area contributed by atoms with Gasteiger partial charge in [-0.1, -0.05) is 13.8 Å². The minimum Gasteiger partial charge on any atom is -0.357 e. The Morgan fingerprint density at radius 1 is 1.13 bits per heavy atom. The minimum atomic E-state index is -1.63. The number of nitrogens with one attached hydrogen (secondary N) is 3. The number of guanidine groups is 1. The lowest BCUT2D eigenvalue weighted by Gasteiger charge is -2.21. The van der Waals surface area contributed by atoms with Crippen LogP contribution in [0.1, 0.15) is 40.5 Å². The van der Waals surface area contributed by atoms with Crippen molar-refractivity contribution in [1.82, 2.24) is 15.5 Å². The van der Waals surface area contributed by atoms with Gasteiger partial charge in [-0.05, 0) is 58.5 Å². The minimum absolute atomic E-state index is 0. The summed E-state index contributed by atoms with van der Waals surface area (Å²) in [5.41, 5.74) is -0.424. The molecule has 1 unspecified atom stereocenters. The third-order valence-electron chi connectivity index (χ3n) is 4.42. The van der Waals surface area contributed by atoms with Crippen molar-refractivity contribution < 1.29 is 18.0 Å². The van der Waals surface area contributed by atoms with Crippen LogP contribution in [0.25, 0.3) is 0 Å². The second kappa shape index (κ2) is 15.3. The zero-order valence-corrected chi connectivity index (χ0v) is 20.4. The zero-order valence-electron chi connectivity index (χ0n) is 18.0. The third-order valence-corrected chi connectivity index (χ3v) is 4.42. The lowest BCUT2D eigenvalue weighted by atomic mass is 10.2. The first-order chi connectivity index (χ1) is 13.8. The average Bonchev–Trinajstić information content (AvgIpc) is 2.70. The number of halogens is 4. The molecule has 0 aliphatic rings. The van der Waals surface area contributed by atoms with Gasteiger partial charge in [-0.2, -0.15) is 0 Å². The van der Waals surface area contributed by atoms with Gasteiger partial charge in [0.1, 0.15) is 6.54 Å². The third kappa shape index (κ3) is 9.96. The molecular weight excluding hydrogens is 510 g/mol. The van der Waals surface area contributed by atoms with E-state index in [-0.39, 0.29) is 36.6 Å². The fraction of sp³-hybridized carbons (Fsp3) is 0.600. The molecule has 1 atom stereocenters. The van der Waals surface area contributed by atoms with E-state index >= 15 is 0 Å². The lowest BCUT2D eigenvalue weighted by Crippen LogP contribution is -2.43. The highest BCUT2D eigenvalue weighted by Gasteiger charge is 2.15. The molecule has 1 aromatic rings. The first kappa shape index (κ1) is 28.4. The first-order valence-electron chi connectivity index (χ1n) is 10.0. The van der Waals surface area contributed by atoms with E-state index in [4.69, 9.17) is 0 Å². The Kier molecular flexibility index (Phi) is 14.5. The highest BCUT2D eigenvalue weighted by atomic mass is 127. The maximum absolute atomic E-state index is 13.6. The summed E-state index contributed by atoms with van der Waals surface area (Å²) in [7, 11) is 0. The molecule has 0 aromatic heterocycles. The molecule has 0 fully saturated rings. The Labute approximate surface area is 194 Å². The van der Waals surface area contributed by atoms with Gasteiger partial charge in [0.25, 0.3) is 0 Å². The predicted octanol–water partition coefficient (Wildman–Crippen LogP) is 3.73. The molecule has 0 bridgehead atoms. The first-order valence-corrected chi connectivity index (χ1v) is 10.0. The molecule has 1 aromatic carbocycles. The summed E-state index contributed by atoms with van der Waals surface area (Å²) in [6.45, 7) is 11.6. The molecular formula is C20H33F3IN5O. The Hall–Kier alpha value is -1.56. The van der Waals surface area contributed by atoms with Gasteiger partial charge in [-0.15, -0.1) is 24.0 Å². The second-order valence-corrected chi connectivity index (χ2v) is 6.68. The van der Waals surface area contributed by atoms with Crippen LogP contribution < -0.4 is 16.0 Å². The molecule has 0 aliphatic heterocycles. The van der Waals surface area contributed by atoms with Crippen LogP contribution >= 0.6 is 24.0 Å². The smallest absolute Gasteiger partial charge is 0.246 e. The fourth-order valence-corrected chi connectivity index (χ4v) is 2.75. The molecule has 1 amide bonds. The van der Waals surface area contributed by atoms with Crippen LogP contribution in [0.2, 0.25) is 0 Å². The standard InChI is InChI=1S/C20H32F3N5O.HI/c1-5-24-20(26-14(4)9-8-12-28(6-2)7-3)25-13-17(29)27-16-11-10-15(21)18(22)19(16)23;/h10-11,14H,5-9,12-13H2,1-4H3,(H,27,29)(H2,24,25,26);1H. The van der Waals surface area contributed by atoms with Gasteiger partial charge in [-0.25, -0.2) is 18.2 Å². The van der Waals surface area contributed by atoms with Crippen LogP contribution in [-0.4, -0.2) is 55.5 Å². The van der Waals surface area contributed by atoms with Gasteiger partial charge in [0.05, 0.1) is 5.69 Å². The largest absolute Gasteiger partial charge is 0.357 e. The topological polar surface area (TPSA) is 68.8 Å². The molecule has 0 aliphatic carbocycles. The summed E-state index contributed by atoms with van der Waals surface area (Å²) in [4.78, 5) is 18.5. The van der Waals surface area contributed by atoms with Gasteiger partial charge < -0.3 is 20.9 Å². The summed E-state index contributed by atoms with van der Waals surface area (Å²) in [6.07, 6.45) is 1.97. The van der Waals surface area contributed by atoms with Crippen LogP contribution in [0, 0.1) is 17.5 Å². The van der Waals surface area contributed by atoms with Crippen molar-refractivity contribution in [3.05, 3.63) is 29.6 Å². The zero-order chi connectivity index (χ0) is 21.8. The maximum atomic E-state index is 13.6. The van der Waals surface area contributed by atoms with Gasteiger partial charge >= 0.3 is 0 Å². The number of anilines is 1. The molecule has 1 rings (SSSR count). The highest BCUT2D eigenvalue weighted by molar-refractivity contribution is 14.0. The normalized spacial score (nSPS) is 12.3. The summed E-state index contributed by atoms with van der Waals surface area (Å²) in [5.74, 6) is -4.55.